The molecule has 2 N–H and O–H groups in total. The van der Waals surface area contributed by atoms with Gasteiger partial charge in [-0.1, -0.05) is 54.6 Å². The fraction of sp³-hybridized carbons (Fsp3) is 0.259. The Kier molecular flexibility index (Phi) is 7.63. The highest BCUT2D eigenvalue weighted by molar-refractivity contribution is 7.88. The van der Waals surface area contributed by atoms with Gasteiger partial charge < -0.3 is 10.6 Å². The lowest BCUT2D eigenvalue weighted by atomic mass is 9.96. The zero-order valence-electron chi connectivity index (χ0n) is 19.6. The third-order valence-electron chi connectivity index (χ3n) is 6.28. The van der Waals surface area contributed by atoms with E-state index in [0.717, 1.165) is 5.56 Å². The molecule has 1 aliphatic rings. The van der Waals surface area contributed by atoms with Crippen LogP contribution in [0.5, 0.6) is 0 Å². The zero-order valence-corrected chi connectivity index (χ0v) is 20.4. The van der Waals surface area contributed by atoms with Gasteiger partial charge in [0.15, 0.2) is 0 Å². The molecule has 1 aliphatic heterocycles. The minimum absolute atomic E-state index is 0.0399. The molecule has 0 bridgehead atoms. The van der Waals surface area contributed by atoms with E-state index < -0.39 is 10.0 Å². The van der Waals surface area contributed by atoms with E-state index in [4.69, 9.17) is 0 Å². The molecular formula is C27H29N3O4S. The number of rotatable bonds is 7. The molecule has 3 aromatic rings. The molecule has 0 spiro atoms. The molecule has 0 aromatic heterocycles. The summed E-state index contributed by atoms with van der Waals surface area (Å²) in [6.45, 7) is 2.42. The minimum Gasteiger partial charge on any atom is -0.326 e. The van der Waals surface area contributed by atoms with Gasteiger partial charge >= 0.3 is 0 Å². The summed E-state index contributed by atoms with van der Waals surface area (Å²) in [5, 5.41) is 5.81. The van der Waals surface area contributed by atoms with Crippen LogP contribution in [-0.2, 0) is 20.6 Å². The van der Waals surface area contributed by atoms with E-state index >= 15 is 0 Å². The van der Waals surface area contributed by atoms with Gasteiger partial charge in [0, 0.05) is 35.9 Å². The van der Waals surface area contributed by atoms with Crippen LogP contribution < -0.4 is 10.6 Å². The largest absolute Gasteiger partial charge is 0.326 e. The fourth-order valence-corrected chi connectivity index (χ4v) is 5.81. The van der Waals surface area contributed by atoms with E-state index in [2.05, 4.69) is 10.6 Å². The zero-order chi connectivity index (χ0) is 24.8. The van der Waals surface area contributed by atoms with Crippen LogP contribution in [0, 0.1) is 12.8 Å². The Morgan fingerprint density at radius 1 is 0.857 bits per heavy atom. The number of benzene rings is 3. The molecule has 0 saturated carbocycles. The lowest BCUT2D eigenvalue weighted by Gasteiger charge is -2.30. The molecule has 2 amide bonds. The van der Waals surface area contributed by atoms with E-state index in [1.165, 1.54) is 4.31 Å². The molecule has 8 heteroatoms. The van der Waals surface area contributed by atoms with Crippen molar-refractivity contribution in [2.45, 2.75) is 25.5 Å². The van der Waals surface area contributed by atoms with Crippen molar-refractivity contribution in [1.29, 1.82) is 0 Å². The molecule has 0 aliphatic carbocycles. The molecule has 182 valence electrons. The van der Waals surface area contributed by atoms with E-state index in [1.54, 1.807) is 37.3 Å². The van der Waals surface area contributed by atoms with Gasteiger partial charge in [0.2, 0.25) is 15.9 Å². The van der Waals surface area contributed by atoms with Crippen LogP contribution in [-0.4, -0.2) is 37.6 Å². The maximum Gasteiger partial charge on any atom is 0.256 e. The van der Waals surface area contributed by atoms with Gasteiger partial charge in [-0.3, -0.25) is 9.59 Å². The van der Waals surface area contributed by atoms with E-state index in [-0.39, 0.29) is 23.5 Å². The number of amides is 2. The lowest BCUT2D eigenvalue weighted by molar-refractivity contribution is -0.120. The van der Waals surface area contributed by atoms with Crippen molar-refractivity contribution in [2.24, 2.45) is 5.92 Å². The van der Waals surface area contributed by atoms with Crippen molar-refractivity contribution in [3.63, 3.8) is 0 Å². The standard InChI is InChI=1S/C27H29N3O4S/c1-20-24(27(32)28-23-11-6-3-7-12-23)13-8-14-25(20)29-26(31)22-15-17-30(18-16-22)35(33,34)19-21-9-4-2-5-10-21/h2-14,22H,15-19H2,1H3,(H,28,32)(H,29,31). The van der Waals surface area contributed by atoms with Crippen LogP contribution >= 0.6 is 0 Å². The molecule has 1 heterocycles. The van der Waals surface area contributed by atoms with Crippen LogP contribution in [0.2, 0.25) is 0 Å². The summed E-state index contributed by atoms with van der Waals surface area (Å²) in [5.41, 5.74) is 3.18. The average Bonchev–Trinajstić information content (AvgIpc) is 2.86. The maximum atomic E-state index is 13.0. The maximum absolute atomic E-state index is 13.0. The van der Waals surface area contributed by atoms with Gasteiger partial charge in [0.25, 0.3) is 5.91 Å². The summed E-state index contributed by atoms with van der Waals surface area (Å²) < 4.78 is 27.0. The Hall–Kier alpha value is -3.49. The van der Waals surface area contributed by atoms with E-state index in [1.807, 2.05) is 48.5 Å². The minimum atomic E-state index is -3.43. The monoisotopic (exact) mass is 491 g/mol. The van der Waals surface area contributed by atoms with Crippen LogP contribution in [0.25, 0.3) is 0 Å². The molecule has 0 atom stereocenters. The molecule has 1 saturated heterocycles. The Bertz CT molecular complexity index is 1290. The highest BCUT2D eigenvalue weighted by Crippen LogP contribution is 2.25. The Labute approximate surface area is 206 Å². The van der Waals surface area contributed by atoms with Crippen LogP contribution in [0.3, 0.4) is 0 Å². The van der Waals surface area contributed by atoms with Crippen LogP contribution in [0.4, 0.5) is 11.4 Å². The highest BCUT2D eigenvalue weighted by Gasteiger charge is 2.31. The summed E-state index contributed by atoms with van der Waals surface area (Å²) in [4.78, 5) is 25.7. The predicted octanol–water partition coefficient (Wildman–Crippen LogP) is 4.43. The number of para-hydroxylation sites is 1. The first-order valence-electron chi connectivity index (χ1n) is 11.6. The van der Waals surface area contributed by atoms with Gasteiger partial charge in [-0.05, 0) is 55.2 Å². The molecule has 35 heavy (non-hydrogen) atoms. The van der Waals surface area contributed by atoms with Crippen molar-refractivity contribution < 1.29 is 18.0 Å². The van der Waals surface area contributed by atoms with E-state index in [0.29, 0.717) is 48.4 Å². The summed E-state index contributed by atoms with van der Waals surface area (Å²) in [5.74, 6) is -0.739. The van der Waals surface area contributed by atoms with Crippen molar-refractivity contribution >= 4 is 33.2 Å². The molecule has 0 radical (unpaired) electrons. The first-order valence-corrected chi connectivity index (χ1v) is 13.2. The SMILES string of the molecule is Cc1c(NC(=O)C2CCN(S(=O)(=O)Cc3ccccc3)CC2)cccc1C(=O)Nc1ccccc1. The van der Waals surface area contributed by atoms with Crippen molar-refractivity contribution in [1.82, 2.24) is 4.31 Å². The topological polar surface area (TPSA) is 95.6 Å². The third kappa shape index (κ3) is 6.15. The molecule has 1 fully saturated rings. The van der Waals surface area contributed by atoms with Crippen LogP contribution in [0.1, 0.15) is 34.3 Å². The molecule has 4 rings (SSSR count). The smallest absolute Gasteiger partial charge is 0.256 e. The Morgan fingerprint density at radius 3 is 2.14 bits per heavy atom. The summed E-state index contributed by atoms with van der Waals surface area (Å²) in [6.07, 6.45) is 0.903. The summed E-state index contributed by atoms with van der Waals surface area (Å²) in [7, 11) is -3.43. The number of hydrogen-bond donors (Lipinski definition) is 2. The molecule has 0 unspecified atom stereocenters. The Morgan fingerprint density at radius 2 is 1.49 bits per heavy atom. The van der Waals surface area contributed by atoms with E-state index in [9.17, 15) is 18.0 Å². The van der Waals surface area contributed by atoms with Crippen molar-refractivity contribution in [3.05, 3.63) is 95.6 Å². The van der Waals surface area contributed by atoms with Crippen LogP contribution in [0.15, 0.2) is 78.9 Å². The number of nitrogens with one attached hydrogen (secondary N) is 2. The second kappa shape index (κ2) is 10.8. The van der Waals surface area contributed by atoms with Gasteiger partial charge in [0.1, 0.15) is 0 Å². The van der Waals surface area contributed by atoms with Gasteiger partial charge in [0.05, 0.1) is 5.75 Å². The lowest BCUT2D eigenvalue weighted by Crippen LogP contribution is -2.41. The summed E-state index contributed by atoms with van der Waals surface area (Å²) >= 11 is 0. The Balaban J connectivity index is 1.36. The molecule has 3 aromatic carbocycles. The van der Waals surface area contributed by atoms with Crippen molar-refractivity contribution in [3.8, 4) is 0 Å². The molecular weight excluding hydrogens is 462 g/mol. The fourth-order valence-electron chi connectivity index (χ4n) is 4.24. The average molecular weight is 492 g/mol. The number of carbonyl (C=O) groups is 2. The second-order valence-electron chi connectivity index (χ2n) is 8.70. The van der Waals surface area contributed by atoms with Gasteiger partial charge in [-0.2, -0.15) is 0 Å². The normalized spacial score (nSPS) is 14.9. The number of hydrogen-bond acceptors (Lipinski definition) is 4. The summed E-state index contributed by atoms with van der Waals surface area (Å²) in [6, 6.07) is 23.5. The first-order chi connectivity index (χ1) is 16.8. The highest BCUT2D eigenvalue weighted by atomic mass is 32.2. The quantitative estimate of drug-likeness (QED) is 0.511. The predicted molar refractivity (Wildman–Crippen MR) is 138 cm³/mol. The number of nitrogens with zero attached hydrogens (tertiary/aromatic N) is 1. The number of sulfonamides is 1. The van der Waals surface area contributed by atoms with Gasteiger partial charge in [-0.15, -0.1) is 0 Å². The van der Waals surface area contributed by atoms with Gasteiger partial charge in [-0.25, -0.2) is 12.7 Å². The third-order valence-corrected chi connectivity index (χ3v) is 8.13. The second-order valence-corrected chi connectivity index (χ2v) is 10.7. The number of anilines is 2. The van der Waals surface area contributed by atoms with Crippen molar-refractivity contribution in [2.75, 3.05) is 23.7 Å². The number of piperidine rings is 1. The number of carbonyl (C=O) groups excluding carboxylic acids is 2. The first kappa shape index (κ1) is 24.6. The molecule has 7 nitrogen and oxygen atoms in total.